The molecule has 0 bridgehead atoms. The van der Waals surface area contributed by atoms with Crippen molar-refractivity contribution in [3.8, 4) is 17.4 Å². The molecule has 142 valence electrons. The molecular weight excluding hydrogens is 366 g/mol. The number of aromatic nitrogens is 5. The van der Waals surface area contributed by atoms with Crippen LogP contribution in [0.15, 0.2) is 72.9 Å². The molecule has 3 heterocycles. The van der Waals surface area contributed by atoms with Crippen molar-refractivity contribution in [3.63, 3.8) is 0 Å². The first-order chi connectivity index (χ1) is 14.3. The van der Waals surface area contributed by atoms with Crippen LogP contribution in [0.4, 0.5) is 0 Å². The summed E-state index contributed by atoms with van der Waals surface area (Å²) in [5.41, 5.74) is 2.75. The Balaban J connectivity index is 1.45. The molecule has 0 fully saturated rings. The van der Waals surface area contributed by atoms with E-state index in [0.29, 0.717) is 23.7 Å². The van der Waals surface area contributed by atoms with Crippen LogP contribution in [0.1, 0.15) is 11.4 Å². The fourth-order valence-electron chi connectivity index (χ4n) is 3.18. The summed E-state index contributed by atoms with van der Waals surface area (Å²) in [4.78, 5) is 4.36. The maximum absolute atomic E-state index is 5.89. The Morgan fingerprint density at radius 3 is 2.76 bits per heavy atom. The molecule has 0 amide bonds. The molecular formula is C22H17N5O2. The van der Waals surface area contributed by atoms with E-state index < -0.39 is 0 Å². The Hall–Kier alpha value is -4.00. The van der Waals surface area contributed by atoms with E-state index in [9.17, 15) is 0 Å². The number of methoxy groups -OCH3 is 1. The number of fused-ring (bicyclic) bond motifs is 2. The van der Waals surface area contributed by atoms with Crippen LogP contribution >= 0.6 is 0 Å². The van der Waals surface area contributed by atoms with Crippen LogP contribution in [0.25, 0.3) is 16.6 Å². The quantitative estimate of drug-likeness (QED) is 0.456. The Morgan fingerprint density at radius 2 is 1.83 bits per heavy atom. The van der Waals surface area contributed by atoms with Crippen molar-refractivity contribution in [3.05, 3.63) is 84.3 Å². The van der Waals surface area contributed by atoms with Crippen LogP contribution in [-0.4, -0.2) is 31.9 Å². The van der Waals surface area contributed by atoms with Gasteiger partial charge in [-0.3, -0.25) is 4.98 Å². The monoisotopic (exact) mass is 383 g/mol. The zero-order valence-electron chi connectivity index (χ0n) is 15.7. The van der Waals surface area contributed by atoms with Gasteiger partial charge in [0.15, 0.2) is 11.5 Å². The SMILES string of the molecule is COc1cccc(Oc2ccc3nnc(Cc4ccc5ncccc5c4)n3n2)c1. The smallest absolute Gasteiger partial charge is 0.237 e. The molecule has 7 nitrogen and oxygen atoms in total. The van der Waals surface area contributed by atoms with Gasteiger partial charge in [-0.2, -0.15) is 4.52 Å². The minimum atomic E-state index is 0.453. The number of ether oxygens (including phenoxy) is 2. The van der Waals surface area contributed by atoms with Crippen molar-refractivity contribution in [1.82, 2.24) is 24.8 Å². The second kappa shape index (κ2) is 7.20. The van der Waals surface area contributed by atoms with Gasteiger partial charge in [-0.15, -0.1) is 15.3 Å². The predicted molar refractivity (Wildman–Crippen MR) is 108 cm³/mol. The Morgan fingerprint density at radius 1 is 0.897 bits per heavy atom. The van der Waals surface area contributed by atoms with Gasteiger partial charge in [0.25, 0.3) is 0 Å². The highest BCUT2D eigenvalue weighted by molar-refractivity contribution is 5.79. The van der Waals surface area contributed by atoms with E-state index in [4.69, 9.17) is 9.47 Å². The molecule has 0 saturated heterocycles. The van der Waals surface area contributed by atoms with Gasteiger partial charge >= 0.3 is 0 Å². The highest BCUT2D eigenvalue weighted by Gasteiger charge is 2.10. The summed E-state index contributed by atoms with van der Waals surface area (Å²) in [5, 5.41) is 14.2. The molecule has 0 saturated carbocycles. The summed E-state index contributed by atoms with van der Waals surface area (Å²) >= 11 is 0. The lowest BCUT2D eigenvalue weighted by Crippen LogP contribution is -2.01. The van der Waals surface area contributed by atoms with Gasteiger partial charge in [-0.25, -0.2) is 0 Å². The molecule has 5 rings (SSSR count). The van der Waals surface area contributed by atoms with Crippen LogP contribution in [0.3, 0.4) is 0 Å². The van der Waals surface area contributed by atoms with Crippen molar-refractivity contribution in [2.45, 2.75) is 6.42 Å². The minimum absolute atomic E-state index is 0.453. The molecule has 5 aromatic rings. The van der Waals surface area contributed by atoms with Gasteiger partial charge in [0, 0.05) is 30.1 Å². The summed E-state index contributed by atoms with van der Waals surface area (Å²) in [6.07, 6.45) is 2.39. The van der Waals surface area contributed by atoms with E-state index in [1.165, 1.54) is 0 Å². The summed E-state index contributed by atoms with van der Waals surface area (Å²) in [6, 6.07) is 21.1. The Labute approximate surface area is 166 Å². The Bertz CT molecular complexity index is 1320. The first kappa shape index (κ1) is 17.1. The first-order valence-electron chi connectivity index (χ1n) is 9.15. The van der Waals surface area contributed by atoms with Crippen molar-refractivity contribution < 1.29 is 9.47 Å². The first-order valence-corrected chi connectivity index (χ1v) is 9.15. The molecule has 0 aliphatic carbocycles. The van der Waals surface area contributed by atoms with E-state index >= 15 is 0 Å². The third kappa shape index (κ3) is 3.45. The van der Waals surface area contributed by atoms with Gasteiger partial charge in [-0.1, -0.05) is 18.2 Å². The summed E-state index contributed by atoms with van der Waals surface area (Å²) in [5.74, 6) is 2.56. The van der Waals surface area contributed by atoms with Gasteiger partial charge < -0.3 is 9.47 Å². The highest BCUT2D eigenvalue weighted by Crippen LogP contribution is 2.24. The molecule has 0 unspecified atom stereocenters. The molecule has 29 heavy (non-hydrogen) atoms. The van der Waals surface area contributed by atoms with Gasteiger partial charge in [0.05, 0.1) is 12.6 Å². The van der Waals surface area contributed by atoms with E-state index in [-0.39, 0.29) is 0 Å². The lowest BCUT2D eigenvalue weighted by Gasteiger charge is -2.07. The second-order valence-corrected chi connectivity index (χ2v) is 6.55. The van der Waals surface area contributed by atoms with Crippen LogP contribution in [0.2, 0.25) is 0 Å². The van der Waals surface area contributed by atoms with Crippen molar-refractivity contribution in [1.29, 1.82) is 0 Å². The molecule has 0 aliphatic rings. The molecule has 2 aromatic carbocycles. The molecule has 0 radical (unpaired) electrons. The van der Waals surface area contributed by atoms with Gasteiger partial charge in [-0.05, 0) is 42.0 Å². The summed E-state index contributed by atoms with van der Waals surface area (Å²) < 4.78 is 12.8. The van der Waals surface area contributed by atoms with Crippen LogP contribution in [0.5, 0.6) is 17.4 Å². The van der Waals surface area contributed by atoms with Crippen molar-refractivity contribution in [2.75, 3.05) is 7.11 Å². The fraction of sp³-hybridized carbons (Fsp3) is 0.0909. The Kier molecular flexibility index (Phi) is 4.25. The number of nitrogens with zero attached hydrogens (tertiary/aromatic N) is 5. The lowest BCUT2D eigenvalue weighted by molar-refractivity contribution is 0.406. The third-order valence-corrected chi connectivity index (χ3v) is 4.60. The van der Waals surface area contributed by atoms with E-state index in [0.717, 1.165) is 28.0 Å². The highest BCUT2D eigenvalue weighted by atomic mass is 16.5. The lowest BCUT2D eigenvalue weighted by atomic mass is 10.1. The van der Waals surface area contributed by atoms with Gasteiger partial charge in [0.1, 0.15) is 11.5 Å². The van der Waals surface area contributed by atoms with E-state index in [2.05, 4.69) is 26.3 Å². The van der Waals surface area contributed by atoms with Crippen LogP contribution in [-0.2, 0) is 6.42 Å². The molecule has 0 atom stereocenters. The molecule has 0 N–H and O–H groups in total. The zero-order chi connectivity index (χ0) is 19.6. The van der Waals surface area contributed by atoms with E-state index in [1.54, 1.807) is 23.9 Å². The maximum atomic E-state index is 5.89. The number of hydrogen-bond donors (Lipinski definition) is 0. The normalized spacial score (nSPS) is 11.1. The number of pyridine rings is 1. The molecule has 3 aromatic heterocycles. The number of rotatable bonds is 5. The fourth-order valence-corrected chi connectivity index (χ4v) is 3.18. The average molecular weight is 383 g/mol. The molecule has 0 aliphatic heterocycles. The second-order valence-electron chi connectivity index (χ2n) is 6.55. The predicted octanol–water partition coefficient (Wildman–Crippen LogP) is 4.06. The van der Waals surface area contributed by atoms with Crippen molar-refractivity contribution in [2.24, 2.45) is 0 Å². The zero-order valence-corrected chi connectivity index (χ0v) is 15.7. The molecule has 7 heteroatoms. The van der Waals surface area contributed by atoms with Crippen LogP contribution < -0.4 is 9.47 Å². The standard InChI is InChI=1S/C22H17N5O2/c1-28-17-5-2-6-18(14-17)29-22-10-9-20-24-25-21(27(20)26-22)13-15-7-8-19-16(12-15)4-3-11-23-19/h2-12,14H,13H2,1H3. The number of hydrogen-bond acceptors (Lipinski definition) is 6. The van der Waals surface area contributed by atoms with Gasteiger partial charge in [0.2, 0.25) is 5.88 Å². The maximum Gasteiger partial charge on any atom is 0.237 e. The van der Waals surface area contributed by atoms with Crippen LogP contribution in [0, 0.1) is 0 Å². The largest absolute Gasteiger partial charge is 0.497 e. The summed E-state index contributed by atoms with van der Waals surface area (Å²) in [7, 11) is 1.62. The molecule has 0 spiro atoms. The topological polar surface area (TPSA) is 74.4 Å². The van der Waals surface area contributed by atoms with Crippen molar-refractivity contribution >= 4 is 16.6 Å². The average Bonchev–Trinajstić information content (AvgIpc) is 3.16. The summed E-state index contributed by atoms with van der Waals surface area (Å²) in [6.45, 7) is 0. The third-order valence-electron chi connectivity index (χ3n) is 4.60. The van der Waals surface area contributed by atoms with E-state index in [1.807, 2.05) is 54.6 Å². The number of benzene rings is 2. The minimum Gasteiger partial charge on any atom is -0.497 e.